The predicted molar refractivity (Wildman–Crippen MR) is 158 cm³/mol. The second-order valence-electron chi connectivity index (χ2n) is 9.90. The largest absolute Gasteiger partial charge is 0.508 e. The van der Waals surface area contributed by atoms with Gasteiger partial charge >= 0.3 is 0 Å². The molecule has 6 rings (SSSR count). The van der Waals surface area contributed by atoms with Gasteiger partial charge in [0.2, 0.25) is 0 Å². The number of para-hydroxylation sites is 1. The molecule has 0 saturated carbocycles. The number of fused-ring (bicyclic) bond motifs is 1. The summed E-state index contributed by atoms with van der Waals surface area (Å²) < 4.78 is 0. The molecule has 1 aromatic heterocycles. The second kappa shape index (κ2) is 9.99. The van der Waals surface area contributed by atoms with E-state index in [4.69, 9.17) is 4.98 Å². The van der Waals surface area contributed by atoms with E-state index in [9.17, 15) is 5.11 Å². The van der Waals surface area contributed by atoms with Crippen LogP contribution in [0.2, 0.25) is 0 Å². The Bertz CT molecular complexity index is 1720. The highest BCUT2D eigenvalue weighted by Gasteiger charge is 2.26. The standard InChI is InChI=1S/C36H29NO/c1-24-17-20-27(21-18-24)33(30-15-9-10-16-32(30)38)36-29-22-19-25(2)23-31(29)34(26-11-5-3-6-12-26)35(37-36)28-13-7-4-8-14-28/h3-23,33,38H,1-2H3. The van der Waals surface area contributed by atoms with Crippen molar-refractivity contribution < 1.29 is 5.11 Å². The van der Waals surface area contributed by atoms with E-state index in [2.05, 4.69) is 105 Å². The minimum Gasteiger partial charge on any atom is -0.508 e. The van der Waals surface area contributed by atoms with Crippen LogP contribution in [-0.2, 0) is 0 Å². The van der Waals surface area contributed by atoms with Gasteiger partial charge in [0.25, 0.3) is 0 Å². The van der Waals surface area contributed by atoms with Gasteiger partial charge in [0.15, 0.2) is 0 Å². The zero-order chi connectivity index (χ0) is 26.1. The molecule has 2 nitrogen and oxygen atoms in total. The molecule has 0 amide bonds. The summed E-state index contributed by atoms with van der Waals surface area (Å²) in [7, 11) is 0. The number of nitrogens with zero attached hydrogens (tertiary/aromatic N) is 1. The number of hydrogen-bond acceptors (Lipinski definition) is 2. The Hall–Kier alpha value is -4.69. The Morgan fingerprint density at radius 2 is 1.18 bits per heavy atom. The number of hydrogen-bond donors (Lipinski definition) is 1. The molecule has 0 saturated heterocycles. The molecular weight excluding hydrogens is 462 g/mol. The number of rotatable bonds is 5. The summed E-state index contributed by atoms with van der Waals surface area (Å²) >= 11 is 0. The summed E-state index contributed by atoms with van der Waals surface area (Å²) in [6.45, 7) is 4.23. The molecule has 1 atom stereocenters. The molecule has 0 spiro atoms. The van der Waals surface area contributed by atoms with Crippen molar-refractivity contribution in [1.82, 2.24) is 4.98 Å². The third-order valence-corrected chi connectivity index (χ3v) is 7.23. The van der Waals surface area contributed by atoms with Gasteiger partial charge in [-0.25, -0.2) is 0 Å². The van der Waals surface area contributed by atoms with Crippen molar-refractivity contribution in [2.24, 2.45) is 0 Å². The second-order valence-corrected chi connectivity index (χ2v) is 9.90. The van der Waals surface area contributed by atoms with Crippen LogP contribution in [0, 0.1) is 13.8 Å². The molecule has 38 heavy (non-hydrogen) atoms. The molecule has 0 aliphatic rings. The molecule has 0 fully saturated rings. The van der Waals surface area contributed by atoms with Crippen molar-refractivity contribution in [1.29, 1.82) is 0 Å². The maximum absolute atomic E-state index is 11.1. The topological polar surface area (TPSA) is 33.1 Å². The molecule has 5 aromatic carbocycles. The van der Waals surface area contributed by atoms with E-state index >= 15 is 0 Å². The smallest absolute Gasteiger partial charge is 0.119 e. The first kappa shape index (κ1) is 23.7. The lowest BCUT2D eigenvalue weighted by atomic mass is 9.83. The Kier molecular flexibility index (Phi) is 6.23. The highest BCUT2D eigenvalue weighted by molar-refractivity contribution is 6.04. The summed E-state index contributed by atoms with van der Waals surface area (Å²) in [5, 5.41) is 13.3. The van der Waals surface area contributed by atoms with Crippen LogP contribution in [0.5, 0.6) is 5.75 Å². The van der Waals surface area contributed by atoms with Crippen LogP contribution < -0.4 is 0 Å². The van der Waals surface area contributed by atoms with Gasteiger partial charge in [-0.1, -0.05) is 132 Å². The van der Waals surface area contributed by atoms with Gasteiger partial charge in [-0.2, -0.15) is 0 Å². The fraction of sp³-hybridized carbons (Fsp3) is 0.0833. The molecule has 0 aliphatic heterocycles. The highest BCUT2D eigenvalue weighted by atomic mass is 16.3. The fourth-order valence-electron chi connectivity index (χ4n) is 5.35. The molecule has 1 N–H and O–H groups in total. The van der Waals surface area contributed by atoms with E-state index < -0.39 is 0 Å². The maximum Gasteiger partial charge on any atom is 0.119 e. The lowest BCUT2D eigenvalue weighted by molar-refractivity contribution is 0.467. The van der Waals surface area contributed by atoms with Crippen molar-refractivity contribution >= 4 is 10.8 Å². The number of pyridine rings is 1. The number of aryl methyl sites for hydroxylation is 2. The van der Waals surface area contributed by atoms with E-state index in [0.29, 0.717) is 0 Å². The number of aromatic hydroxyl groups is 1. The molecule has 6 aromatic rings. The molecule has 1 heterocycles. The number of phenolic OH excluding ortho intramolecular Hbond substituents is 1. The number of benzene rings is 5. The Morgan fingerprint density at radius 1 is 0.579 bits per heavy atom. The number of aromatic nitrogens is 1. The van der Waals surface area contributed by atoms with Gasteiger partial charge in [0.05, 0.1) is 17.3 Å². The zero-order valence-electron chi connectivity index (χ0n) is 21.6. The van der Waals surface area contributed by atoms with Crippen LogP contribution in [0.25, 0.3) is 33.2 Å². The monoisotopic (exact) mass is 491 g/mol. The molecule has 184 valence electrons. The molecule has 0 bridgehead atoms. The Labute approximate surface area is 223 Å². The van der Waals surface area contributed by atoms with Gasteiger partial charge in [-0.15, -0.1) is 0 Å². The summed E-state index contributed by atoms with van der Waals surface area (Å²) in [5.74, 6) is 0.0304. The van der Waals surface area contributed by atoms with Gasteiger partial charge < -0.3 is 5.11 Å². The van der Waals surface area contributed by atoms with E-state index in [1.165, 1.54) is 11.1 Å². The van der Waals surface area contributed by atoms with Crippen LogP contribution in [0.4, 0.5) is 0 Å². The molecule has 0 radical (unpaired) electrons. The van der Waals surface area contributed by atoms with Gasteiger partial charge in [0.1, 0.15) is 5.75 Å². The van der Waals surface area contributed by atoms with Crippen LogP contribution in [0.15, 0.2) is 127 Å². The zero-order valence-corrected chi connectivity index (χ0v) is 21.6. The first-order chi connectivity index (χ1) is 18.6. The normalized spacial score (nSPS) is 11.9. The minimum absolute atomic E-state index is 0.241. The summed E-state index contributed by atoms with van der Waals surface area (Å²) in [6, 6.07) is 43.7. The van der Waals surface area contributed by atoms with Crippen LogP contribution in [0.1, 0.15) is 33.9 Å². The number of phenols is 1. The average Bonchev–Trinajstić information content (AvgIpc) is 2.95. The highest BCUT2D eigenvalue weighted by Crippen LogP contribution is 2.44. The van der Waals surface area contributed by atoms with E-state index in [1.54, 1.807) is 6.07 Å². The van der Waals surface area contributed by atoms with E-state index in [0.717, 1.165) is 50.0 Å². The van der Waals surface area contributed by atoms with Crippen molar-refractivity contribution in [2.75, 3.05) is 0 Å². The molecule has 1 unspecified atom stereocenters. The Morgan fingerprint density at radius 3 is 1.87 bits per heavy atom. The molecular formula is C36H29NO. The third-order valence-electron chi connectivity index (χ3n) is 7.23. The fourth-order valence-corrected chi connectivity index (χ4v) is 5.35. The minimum atomic E-state index is -0.241. The van der Waals surface area contributed by atoms with Crippen molar-refractivity contribution in [3.63, 3.8) is 0 Å². The van der Waals surface area contributed by atoms with E-state index in [1.807, 2.05) is 30.3 Å². The van der Waals surface area contributed by atoms with Gasteiger partial charge in [0, 0.05) is 22.1 Å². The quantitative estimate of drug-likeness (QED) is 0.261. The third kappa shape index (κ3) is 4.35. The lowest BCUT2D eigenvalue weighted by Gasteiger charge is -2.24. The van der Waals surface area contributed by atoms with Crippen LogP contribution in [0.3, 0.4) is 0 Å². The van der Waals surface area contributed by atoms with Crippen molar-refractivity contribution in [3.05, 3.63) is 155 Å². The van der Waals surface area contributed by atoms with Crippen LogP contribution in [-0.4, -0.2) is 10.1 Å². The summed E-state index contributed by atoms with van der Waals surface area (Å²) in [6.07, 6.45) is 0. The van der Waals surface area contributed by atoms with Gasteiger partial charge in [-0.05, 0) is 36.4 Å². The Balaban J connectivity index is 1.76. The van der Waals surface area contributed by atoms with E-state index in [-0.39, 0.29) is 11.7 Å². The predicted octanol–water partition coefficient (Wildman–Crippen LogP) is 9.07. The summed E-state index contributed by atoms with van der Waals surface area (Å²) in [4.78, 5) is 5.48. The SMILES string of the molecule is Cc1ccc(C(c2ccccc2O)c2nc(-c3ccccc3)c(-c3ccccc3)c3cc(C)ccc23)cc1. The van der Waals surface area contributed by atoms with Crippen molar-refractivity contribution in [3.8, 4) is 28.1 Å². The molecule has 2 heteroatoms. The average molecular weight is 492 g/mol. The first-order valence-electron chi connectivity index (χ1n) is 13.0. The lowest BCUT2D eigenvalue weighted by Crippen LogP contribution is -2.09. The maximum atomic E-state index is 11.1. The summed E-state index contributed by atoms with van der Waals surface area (Å²) in [5.41, 5.74) is 9.53. The van der Waals surface area contributed by atoms with Gasteiger partial charge in [-0.3, -0.25) is 4.98 Å². The molecule has 0 aliphatic carbocycles. The van der Waals surface area contributed by atoms with Crippen molar-refractivity contribution in [2.45, 2.75) is 19.8 Å². The van der Waals surface area contributed by atoms with Crippen LogP contribution >= 0.6 is 0 Å². The first-order valence-corrected chi connectivity index (χ1v) is 13.0.